The van der Waals surface area contributed by atoms with Crippen LogP contribution in [0, 0.1) is 5.41 Å². The van der Waals surface area contributed by atoms with E-state index in [0.717, 1.165) is 19.4 Å². The number of nitrogens with zero attached hydrogens (tertiary/aromatic N) is 1. The molecular formula is C12H24N2O2. The molecular weight excluding hydrogens is 204 g/mol. The van der Waals surface area contributed by atoms with E-state index in [1.807, 2.05) is 0 Å². The van der Waals surface area contributed by atoms with Gasteiger partial charge in [0.15, 0.2) is 0 Å². The summed E-state index contributed by atoms with van der Waals surface area (Å²) in [6.45, 7) is 6.16. The number of aliphatic hydroxyl groups excluding tert-OH is 1. The van der Waals surface area contributed by atoms with Crippen molar-refractivity contribution in [1.29, 1.82) is 0 Å². The second-order valence-electron chi connectivity index (χ2n) is 5.47. The summed E-state index contributed by atoms with van der Waals surface area (Å²) < 4.78 is 0. The Morgan fingerprint density at radius 2 is 2.19 bits per heavy atom. The molecule has 1 saturated heterocycles. The molecule has 1 heterocycles. The van der Waals surface area contributed by atoms with Crippen LogP contribution in [0.3, 0.4) is 0 Å². The number of β-amino-alcohol motifs (C(OH)–C–C–N with tert-alkyl or cyclic N) is 1. The van der Waals surface area contributed by atoms with Crippen LogP contribution in [0.25, 0.3) is 0 Å². The Labute approximate surface area is 98.0 Å². The van der Waals surface area contributed by atoms with Gasteiger partial charge in [-0.2, -0.15) is 0 Å². The molecule has 0 aromatic rings. The second kappa shape index (κ2) is 5.64. The number of likely N-dealkylation sites (N-methyl/N-ethyl adjacent to an activating group) is 1. The smallest absolute Gasteiger partial charge is 0.222 e. The van der Waals surface area contributed by atoms with Gasteiger partial charge in [-0.1, -0.05) is 13.8 Å². The fraction of sp³-hybridized carbons (Fsp3) is 0.917. The topological polar surface area (TPSA) is 52.6 Å². The van der Waals surface area contributed by atoms with E-state index in [0.29, 0.717) is 19.5 Å². The second-order valence-corrected chi connectivity index (χ2v) is 5.47. The summed E-state index contributed by atoms with van der Waals surface area (Å²) in [5.74, 6) is 0.181. The molecule has 0 spiro atoms. The van der Waals surface area contributed by atoms with Gasteiger partial charge in [-0.15, -0.1) is 0 Å². The van der Waals surface area contributed by atoms with E-state index in [1.54, 1.807) is 11.9 Å². The zero-order valence-electron chi connectivity index (χ0n) is 10.6. The highest BCUT2D eigenvalue weighted by Gasteiger charge is 2.28. The maximum Gasteiger partial charge on any atom is 0.222 e. The third-order valence-electron chi connectivity index (χ3n) is 3.30. The zero-order valence-corrected chi connectivity index (χ0v) is 10.6. The summed E-state index contributed by atoms with van der Waals surface area (Å²) in [5.41, 5.74) is 0.248. The Bertz CT molecular complexity index is 241. The van der Waals surface area contributed by atoms with Gasteiger partial charge in [-0.25, -0.2) is 0 Å². The van der Waals surface area contributed by atoms with Crippen LogP contribution in [0.5, 0.6) is 0 Å². The van der Waals surface area contributed by atoms with Gasteiger partial charge in [0.25, 0.3) is 0 Å². The highest BCUT2D eigenvalue weighted by Crippen LogP contribution is 2.30. The number of likely N-dealkylation sites (tertiary alicyclic amines) is 1. The third kappa shape index (κ3) is 4.10. The van der Waals surface area contributed by atoms with Crippen LogP contribution in [0.1, 0.15) is 33.1 Å². The molecule has 1 rings (SSSR count). The predicted octanol–water partition coefficient (Wildman–Crippen LogP) is 0.605. The molecule has 4 nitrogen and oxygen atoms in total. The number of hydrogen-bond acceptors (Lipinski definition) is 3. The van der Waals surface area contributed by atoms with E-state index >= 15 is 0 Å². The average Bonchev–Trinajstić information content (AvgIpc) is 2.31. The van der Waals surface area contributed by atoms with Gasteiger partial charge in [0.1, 0.15) is 0 Å². The molecule has 0 bridgehead atoms. The van der Waals surface area contributed by atoms with Crippen molar-refractivity contribution in [2.24, 2.45) is 5.41 Å². The number of hydrogen-bond donors (Lipinski definition) is 2. The highest BCUT2D eigenvalue weighted by atomic mass is 16.3. The fourth-order valence-corrected chi connectivity index (χ4v) is 2.04. The Hall–Kier alpha value is -0.610. The van der Waals surface area contributed by atoms with Crippen LogP contribution < -0.4 is 5.32 Å². The highest BCUT2D eigenvalue weighted by molar-refractivity contribution is 5.76. The molecule has 0 saturated carbocycles. The first-order valence-electron chi connectivity index (χ1n) is 6.05. The van der Waals surface area contributed by atoms with Crippen LogP contribution in [-0.4, -0.2) is 48.7 Å². The molecule has 1 amide bonds. The molecule has 4 heteroatoms. The molecule has 94 valence electrons. The van der Waals surface area contributed by atoms with E-state index in [-0.39, 0.29) is 11.3 Å². The Balaban J connectivity index is 2.49. The van der Waals surface area contributed by atoms with Gasteiger partial charge < -0.3 is 15.3 Å². The SMILES string of the molecule is CNCC(O)CN1CCC(C)(C)CCC1=O. The quantitative estimate of drug-likeness (QED) is 0.741. The molecule has 2 N–H and O–H groups in total. The van der Waals surface area contributed by atoms with E-state index in [1.165, 1.54) is 0 Å². The van der Waals surface area contributed by atoms with Crippen molar-refractivity contribution < 1.29 is 9.90 Å². The molecule has 0 aromatic heterocycles. The van der Waals surface area contributed by atoms with Crippen molar-refractivity contribution in [3.8, 4) is 0 Å². The number of aliphatic hydroxyl groups is 1. The lowest BCUT2D eigenvalue weighted by molar-refractivity contribution is -0.132. The minimum absolute atomic E-state index is 0.181. The first kappa shape index (κ1) is 13.5. The minimum atomic E-state index is -0.463. The van der Waals surface area contributed by atoms with Crippen molar-refractivity contribution in [1.82, 2.24) is 10.2 Å². The molecule has 1 atom stereocenters. The van der Waals surface area contributed by atoms with Crippen LogP contribution in [0.2, 0.25) is 0 Å². The first-order chi connectivity index (χ1) is 7.44. The van der Waals surface area contributed by atoms with Crippen LogP contribution in [0.4, 0.5) is 0 Å². The summed E-state index contributed by atoms with van der Waals surface area (Å²) >= 11 is 0. The number of carbonyl (C=O) groups excluding carboxylic acids is 1. The van der Waals surface area contributed by atoms with Crippen molar-refractivity contribution in [3.63, 3.8) is 0 Å². The lowest BCUT2D eigenvalue weighted by Crippen LogP contribution is -2.40. The maximum atomic E-state index is 11.8. The van der Waals surface area contributed by atoms with E-state index < -0.39 is 6.10 Å². The van der Waals surface area contributed by atoms with Crippen molar-refractivity contribution in [2.75, 3.05) is 26.7 Å². The molecule has 0 aliphatic carbocycles. The van der Waals surface area contributed by atoms with E-state index in [4.69, 9.17) is 0 Å². The zero-order chi connectivity index (χ0) is 12.2. The standard InChI is InChI=1S/C12H24N2O2/c1-12(2)5-4-11(16)14(7-6-12)9-10(15)8-13-3/h10,13,15H,4-9H2,1-3H3. The molecule has 1 aliphatic rings. The Morgan fingerprint density at radius 1 is 1.50 bits per heavy atom. The summed E-state index contributed by atoms with van der Waals surface area (Å²) in [4.78, 5) is 13.6. The molecule has 0 radical (unpaired) electrons. The van der Waals surface area contributed by atoms with Gasteiger partial charge in [-0.3, -0.25) is 4.79 Å². The minimum Gasteiger partial charge on any atom is -0.390 e. The summed E-state index contributed by atoms with van der Waals surface area (Å²) in [5, 5.41) is 12.6. The van der Waals surface area contributed by atoms with Crippen LogP contribution >= 0.6 is 0 Å². The maximum absolute atomic E-state index is 11.8. The van der Waals surface area contributed by atoms with Crippen LogP contribution in [0.15, 0.2) is 0 Å². The van der Waals surface area contributed by atoms with Crippen LogP contribution in [-0.2, 0) is 4.79 Å². The number of nitrogens with one attached hydrogen (secondary N) is 1. The summed E-state index contributed by atoms with van der Waals surface area (Å²) in [6, 6.07) is 0. The average molecular weight is 228 g/mol. The normalized spacial score (nSPS) is 23.0. The summed E-state index contributed by atoms with van der Waals surface area (Å²) in [6.07, 6.45) is 2.12. The lowest BCUT2D eigenvalue weighted by Gasteiger charge is -2.25. The lowest BCUT2D eigenvalue weighted by atomic mass is 9.85. The monoisotopic (exact) mass is 228 g/mol. The number of rotatable bonds is 4. The third-order valence-corrected chi connectivity index (χ3v) is 3.30. The fourth-order valence-electron chi connectivity index (χ4n) is 2.04. The van der Waals surface area contributed by atoms with E-state index in [9.17, 15) is 9.90 Å². The summed E-state index contributed by atoms with van der Waals surface area (Å²) in [7, 11) is 1.80. The van der Waals surface area contributed by atoms with Crippen molar-refractivity contribution >= 4 is 5.91 Å². The van der Waals surface area contributed by atoms with Gasteiger partial charge in [-0.05, 0) is 25.3 Å². The first-order valence-corrected chi connectivity index (χ1v) is 6.05. The molecule has 1 unspecified atom stereocenters. The number of amides is 1. The molecule has 1 fully saturated rings. The van der Waals surface area contributed by atoms with Crippen molar-refractivity contribution in [2.45, 2.75) is 39.2 Å². The Morgan fingerprint density at radius 3 is 2.81 bits per heavy atom. The van der Waals surface area contributed by atoms with Gasteiger partial charge >= 0.3 is 0 Å². The molecule has 16 heavy (non-hydrogen) atoms. The molecule has 1 aliphatic heterocycles. The number of carbonyl (C=O) groups is 1. The van der Waals surface area contributed by atoms with Gasteiger partial charge in [0, 0.05) is 26.1 Å². The van der Waals surface area contributed by atoms with Crippen molar-refractivity contribution in [3.05, 3.63) is 0 Å². The predicted molar refractivity (Wildman–Crippen MR) is 64.1 cm³/mol. The van der Waals surface area contributed by atoms with Gasteiger partial charge in [0.2, 0.25) is 5.91 Å². The largest absolute Gasteiger partial charge is 0.390 e. The van der Waals surface area contributed by atoms with Gasteiger partial charge in [0.05, 0.1) is 6.10 Å². The molecule has 0 aromatic carbocycles. The Kier molecular flexibility index (Phi) is 4.74. The van der Waals surface area contributed by atoms with E-state index in [2.05, 4.69) is 19.2 Å².